The van der Waals surface area contributed by atoms with Gasteiger partial charge in [0.25, 0.3) is 5.91 Å². The highest BCUT2D eigenvalue weighted by Crippen LogP contribution is 2.28. The quantitative estimate of drug-likeness (QED) is 0.380. The van der Waals surface area contributed by atoms with Crippen molar-refractivity contribution in [1.82, 2.24) is 24.5 Å². The van der Waals surface area contributed by atoms with Gasteiger partial charge in [0.15, 0.2) is 5.65 Å². The summed E-state index contributed by atoms with van der Waals surface area (Å²) in [7, 11) is 0. The number of aromatic nitrogens is 4. The molecule has 0 unspecified atom stereocenters. The fraction of sp³-hybridized carbons (Fsp3) is 0.360. The van der Waals surface area contributed by atoms with Crippen LogP contribution < -0.4 is 4.74 Å². The monoisotopic (exact) mass is 461 g/mol. The molecule has 0 bridgehead atoms. The third-order valence-corrected chi connectivity index (χ3v) is 7.25. The van der Waals surface area contributed by atoms with Crippen LogP contribution in [0, 0.1) is 6.92 Å². The molecule has 1 aliphatic rings. The van der Waals surface area contributed by atoms with E-state index in [1.165, 1.54) is 4.88 Å². The molecule has 0 N–H and O–H groups in total. The molecule has 4 aromatic rings. The average Bonchev–Trinajstić information content (AvgIpc) is 3.60. The molecule has 1 amide bonds. The average molecular weight is 462 g/mol. The predicted molar refractivity (Wildman–Crippen MR) is 128 cm³/mol. The molecule has 1 aromatic carbocycles. The summed E-state index contributed by atoms with van der Waals surface area (Å²) in [5.41, 5.74) is 5.20. The van der Waals surface area contributed by atoms with Gasteiger partial charge >= 0.3 is 0 Å². The Hall–Kier alpha value is -3.26. The zero-order valence-electron chi connectivity index (χ0n) is 18.7. The first kappa shape index (κ1) is 21.6. The second-order valence-electron chi connectivity index (χ2n) is 8.42. The second kappa shape index (κ2) is 9.70. The lowest BCUT2D eigenvalue weighted by atomic mass is 10.1. The number of ether oxygens (including phenoxy) is 1. The molecule has 7 nitrogen and oxygen atoms in total. The number of amides is 1. The van der Waals surface area contributed by atoms with Crippen LogP contribution in [-0.2, 0) is 13.0 Å². The fourth-order valence-electron chi connectivity index (χ4n) is 4.43. The van der Waals surface area contributed by atoms with Crippen LogP contribution in [0.2, 0.25) is 0 Å². The van der Waals surface area contributed by atoms with Crippen molar-refractivity contribution in [3.8, 4) is 5.75 Å². The molecule has 33 heavy (non-hydrogen) atoms. The number of thiazole rings is 1. The molecular formula is C25H27N5O2S. The zero-order chi connectivity index (χ0) is 22.6. The molecule has 0 aliphatic heterocycles. The molecule has 5 rings (SSSR count). The maximum Gasteiger partial charge on any atom is 0.259 e. The van der Waals surface area contributed by atoms with Crippen molar-refractivity contribution in [1.29, 1.82) is 0 Å². The van der Waals surface area contributed by atoms with Gasteiger partial charge in [0.2, 0.25) is 0 Å². The summed E-state index contributed by atoms with van der Waals surface area (Å²) in [4.78, 5) is 25.5. The zero-order valence-corrected chi connectivity index (χ0v) is 19.5. The van der Waals surface area contributed by atoms with Crippen molar-refractivity contribution < 1.29 is 9.53 Å². The van der Waals surface area contributed by atoms with Gasteiger partial charge in [-0.15, -0.1) is 11.3 Å². The third kappa shape index (κ3) is 4.75. The molecule has 1 fully saturated rings. The smallest absolute Gasteiger partial charge is 0.259 e. The number of benzene rings is 1. The maximum atomic E-state index is 13.6. The van der Waals surface area contributed by atoms with Crippen LogP contribution in [-0.4, -0.2) is 43.0 Å². The number of carbonyl (C=O) groups is 1. The van der Waals surface area contributed by atoms with Crippen LogP contribution in [0.4, 0.5) is 0 Å². The van der Waals surface area contributed by atoms with Crippen LogP contribution in [0.5, 0.6) is 5.75 Å². The standard InChI is InChI=1S/C25H27N5O2S/c1-18-23(33-17-27-18)11-14-32-21-9-7-19(8-10-21)16-29(20-5-2-3-6-20)25(31)22-15-28-30-13-4-12-26-24(22)30/h4,7-10,12-13,15,17,20H,2-3,5-6,11,14,16H2,1H3. The van der Waals surface area contributed by atoms with Crippen molar-refractivity contribution in [2.75, 3.05) is 6.61 Å². The molecule has 0 radical (unpaired) electrons. The molecule has 0 atom stereocenters. The van der Waals surface area contributed by atoms with E-state index in [1.807, 2.05) is 41.7 Å². The van der Waals surface area contributed by atoms with Gasteiger partial charge in [-0.1, -0.05) is 25.0 Å². The van der Waals surface area contributed by atoms with Crippen molar-refractivity contribution >= 4 is 22.9 Å². The van der Waals surface area contributed by atoms with E-state index >= 15 is 0 Å². The van der Waals surface area contributed by atoms with Gasteiger partial charge < -0.3 is 9.64 Å². The summed E-state index contributed by atoms with van der Waals surface area (Å²) in [6, 6.07) is 10.1. The van der Waals surface area contributed by atoms with Gasteiger partial charge in [-0.3, -0.25) is 4.79 Å². The molecule has 3 aromatic heterocycles. The minimum Gasteiger partial charge on any atom is -0.493 e. The van der Waals surface area contributed by atoms with E-state index in [2.05, 4.69) is 27.2 Å². The summed E-state index contributed by atoms with van der Waals surface area (Å²) < 4.78 is 7.58. The van der Waals surface area contributed by atoms with Gasteiger partial charge in [0.1, 0.15) is 11.3 Å². The molecule has 8 heteroatoms. The molecule has 3 heterocycles. The van der Waals surface area contributed by atoms with E-state index in [0.717, 1.165) is 49.1 Å². The summed E-state index contributed by atoms with van der Waals surface area (Å²) in [5, 5.41) is 4.31. The number of hydrogen-bond donors (Lipinski definition) is 0. The van der Waals surface area contributed by atoms with E-state index in [1.54, 1.807) is 28.2 Å². The van der Waals surface area contributed by atoms with Crippen LogP contribution >= 0.6 is 11.3 Å². The van der Waals surface area contributed by atoms with Crippen LogP contribution in [0.15, 0.2) is 54.4 Å². The molecule has 0 saturated heterocycles. The SMILES string of the molecule is Cc1ncsc1CCOc1ccc(CN(C(=O)c2cnn3cccnc23)C2CCCC2)cc1. The number of hydrogen-bond acceptors (Lipinski definition) is 6. The summed E-state index contributed by atoms with van der Waals surface area (Å²) in [6.07, 6.45) is 10.4. The van der Waals surface area contributed by atoms with Crippen LogP contribution in [0.3, 0.4) is 0 Å². The number of rotatable bonds is 8. The summed E-state index contributed by atoms with van der Waals surface area (Å²) in [5.74, 6) is 0.836. The molecule has 1 saturated carbocycles. The first-order chi connectivity index (χ1) is 16.2. The van der Waals surface area contributed by atoms with Crippen molar-refractivity contribution in [2.24, 2.45) is 0 Å². The number of nitrogens with zero attached hydrogens (tertiary/aromatic N) is 5. The van der Waals surface area contributed by atoms with E-state index in [9.17, 15) is 4.79 Å². The maximum absolute atomic E-state index is 13.6. The summed E-state index contributed by atoms with van der Waals surface area (Å²) >= 11 is 1.67. The first-order valence-corrected chi connectivity index (χ1v) is 12.3. The Kier molecular flexibility index (Phi) is 6.35. The normalized spacial score (nSPS) is 14.1. The van der Waals surface area contributed by atoms with Crippen molar-refractivity contribution in [3.63, 3.8) is 0 Å². The lowest BCUT2D eigenvalue weighted by Gasteiger charge is -2.29. The molecule has 1 aliphatic carbocycles. The molecule has 0 spiro atoms. The van der Waals surface area contributed by atoms with Crippen LogP contribution in [0.25, 0.3) is 5.65 Å². The van der Waals surface area contributed by atoms with Gasteiger partial charge in [-0.25, -0.2) is 14.5 Å². The Balaban J connectivity index is 1.28. The second-order valence-corrected chi connectivity index (χ2v) is 9.36. The fourth-order valence-corrected chi connectivity index (χ4v) is 5.19. The largest absolute Gasteiger partial charge is 0.493 e. The van der Waals surface area contributed by atoms with Gasteiger partial charge in [-0.05, 0) is 43.5 Å². The van der Waals surface area contributed by atoms with E-state index in [4.69, 9.17) is 4.74 Å². The number of aryl methyl sites for hydroxylation is 1. The molecule has 170 valence electrons. The highest BCUT2D eigenvalue weighted by Gasteiger charge is 2.29. The van der Waals surface area contributed by atoms with Crippen LogP contribution in [0.1, 0.15) is 52.2 Å². The number of fused-ring (bicyclic) bond motifs is 1. The Morgan fingerprint density at radius 3 is 2.79 bits per heavy atom. The highest BCUT2D eigenvalue weighted by molar-refractivity contribution is 7.09. The summed E-state index contributed by atoms with van der Waals surface area (Å²) in [6.45, 7) is 3.21. The lowest BCUT2D eigenvalue weighted by Crippen LogP contribution is -2.38. The topological polar surface area (TPSA) is 72.6 Å². The van der Waals surface area contributed by atoms with Crippen molar-refractivity contribution in [3.05, 3.63) is 76.1 Å². The first-order valence-electron chi connectivity index (χ1n) is 11.4. The Morgan fingerprint density at radius 2 is 2.03 bits per heavy atom. The minimum absolute atomic E-state index is 0.00384. The van der Waals surface area contributed by atoms with E-state index in [-0.39, 0.29) is 11.9 Å². The van der Waals surface area contributed by atoms with E-state index < -0.39 is 0 Å². The Labute approximate surface area is 197 Å². The lowest BCUT2D eigenvalue weighted by molar-refractivity contribution is 0.0666. The van der Waals surface area contributed by atoms with E-state index in [0.29, 0.717) is 24.4 Å². The predicted octanol–water partition coefficient (Wildman–Crippen LogP) is 4.70. The van der Waals surface area contributed by atoms with Crippen molar-refractivity contribution in [2.45, 2.75) is 51.6 Å². The number of carbonyl (C=O) groups excluding carboxylic acids is 1. The Morgan fingerprint density at radius 1 is 1.21 bits per heavy atom. The third-order valence-electron chi connectivity index (χ3n) is 6.26. The highest BCUT2D eigenvalue weighted by atomic mass is 32.1. The van der Waals surface area contributed by atoms with Gasteiger partial charge in [0.05, 0.1) is 24.0 Å². The molecular weight excluding hydrogens is 434 g/mol. The van der Waals surface area contributed by atoms with Gasteiger partial charge in [-0.2, -0.15) is 5.10 Å². The van der Waals surface area contributed by atoms with Gasteiger partial charge in [0, 0.05) is 36.3 Å². The Bertz CT molecular complexity index is 1230. The minimum atomic E-state index is -0.00384.